The Bertz CT molecular complexity index is 1710. The van der Waals surface area contributed by atoms with Crippen molar-refractivity contribution in [3.63, 3.8) is 0 Å². The fourth-order valence-electron chi connectivity index (χ4n) is 4.67. The van der Waals surface area contributed by atoms with Gasteiger partial charge in [0.15, 0.2) is 33.8 Å². The van der Waals surface area contributed by atoms with Gasteiger partial charge in [0.2, 0.25) is 15.9 Å². The zero-order chi connectivity index (χ0) is 27.9. The van der Waals surface area contributed by atoms with E-state index in [-0.39, 0.29) is 68.5 Å². The minimum Gasteiger partial charge on any atom is -0.506 e. The van der Waals surface area contributed by atoms with E-state index in [4.69, 9.17) is 21.1 Å². The molecule has 0 saturated heterocycles. The van der Waals surface area contributed by atoms with Gasteiger partial charge in [-0.25, -0.2) is 28.4 Å². The number of halogens is 1. The molecule has 0 spiro atoms. The van der Waals surface area contributed by atoms with E-state index >= 15 is 0 Å². The number of hydrogen-bond donors (Lipinski definition) is 3. The number of aromatic hydroxyl groups is 1. The molecular formula is C25H25ClN6O6S. The summed E-state index contributed by atoms with van der Waals surface area (Å²) < 4.78 is 40.6. The summed E-state index contributed by atoms with van der Waals surface area (Å²) in [5.41, 5.74) is 5.32. The fourth-order valence-corrected chi connectivity index (χ4v) is 6.28. The normalized spacial score (nSPS) is 20.4. The van der Waals surface area contributed by atoms with E-state index in [2.05, 4.69) is 36.1 Å². The number of anilines is 1. The van der Waals surface area contributed by atoms with Gasteiger partial charge in [-0.3, -0.25) is 9.29 Å². The third-order valence-corrected chi connectivity index (χ3v) is 7.83. The molecule has 12 nitrogen and oxygen atoms in total. The Labute approximate surface area is 229 Å². The number of para-hydroxylation sites is 1. The number of aromatic nitrogens is 4. The smallest absolute Gasteiger partial charge is 0.234 e. The van der Waals surface area contributed by atoms with Crippen molar-refractivity contribution in [3.8, 4) is 17.2 Å². The van der Waals surface area contributed by atoms with Crippen LogP contribution in [-0.2, 0) is 14.8 Å². The Balaban J connectivity index is 1.66. The quantitative estimate of drug-likeness (QED) is 0.344. The molecule has 1 aliphatic heterocycles. The van der Waals surface area contributed by atoms with E-state index in [1.807, 2.05) is 6.92 Å². The summed E-state index contributed by atoms with van der Waals surface area (Å²) >= 11 is 6.34. The van der Waals surface area contributed by atoms with E-state index < -0.39 is 15.6 Å². The summed E-state index contributed by atoms with van der Waals surface area (Å²) in [6.45, 7) is 3.85. The molecule has 1 fully saturated rings. The molecule has 3 N–H and O–H groups in total. The number of nitrogens with one attached hydrogen (secondary N) is 1. The number of benzene rings is 1. The first-order valence-corrected chi connectivity index (χ1v) is 14.0. The van der Waals surface area contributed by atoms with Crippen molar-refractivity contribution in [2.75, 3.05) is 24.2 Å². The summed E-state index contributed by atoms with van der Waals surface area (Å²) in [5.74, 6) is -0.107. The van der Waals surface area contributed by atoms with Gasteiger partial charge < -0.3 is 19.7 Å². The van der Waals surface area contributed by atoms with Crippen LogP contribution in [0.25, 0.3) is 22.7 Å². The van der Waals surface area contributed by atoms with E-state index in [1.165, 1.54) is 23.8 Å². The van der Waals surface area contributed by atoms with Crippen LogP contribution >= 0.6 is 11.6 Å². The Hall–Kier alpha value is -3.86. The Morgan fingerprint density at radius 3 is 2.74 bits per heavy atom. The van der Waals surface area contributed by atoms with Crippen molar-refractivity contribution >= 4 is 50.3 Å². The number of methoxy groups -OCH3 is 1. The van der Waals surface area contributed by atoms with E-state index in [9.17, 15) is 18.6 Å². The van der Waals surface area contributed by atoms with Crippen LogP contribution in [0.1, 0.15) is 32.5 Å². The maximum absolute atomic E-state index is 12.9. The van der Waals surface area contributed by atoms with Crippen LogP contribution in [0, 0.1) is 5.92 Å². The molecule has 14 heteroatoms. The average molecular weight is 573 g/mol. The fraction of sp³-hybridized carbons (Fsp3) is 0.360. The Morgan fingerprint density at radius 1 is 1.28 bits per heavy atom. The summed E-state index contributed by atoms with van der Waals surface area (Å²) in [6, 6.07) is 4.68. The molecule has 204 valence electrons. The second-order valence-electron chi connectivity index (χ2n) is 9.41. The van der Waals surface area contributed by atoms with Gasteiger partial charge in [0.05, 0.1) is 31.1 Å². The number of hydrogen-bond acceptors (Lipinski definition) is 10. The monoisotopic (exact) mass is 572 g/mol. The van der Waals surface area contributed by atoms with Gasteiger partial charge in [0.25, 0.3) is 0 Å². The molecule has 1 saturated carbocycles. The van der Waals surface area contributed by atoms with Crippen molar-refractivity contribution in [2.24, 2.45) is 10.9 Å². The summed E-state index contributed by atoms with van der Waals surface area (Å²) in [5, 5.41) is 20.6. The second-order valence-corrected chi connectivity index (χ2v) is 11.5. The molecule has 0 unspecified atom stereocenters. The molecule has 0 bridgehead atoms. The third kappa shape index (κ3) is 5.36. The number of ether oxygens (including phenoxy) is 2. The molecular weight excluding hydrogens is 548 g/mol. The first kappa shape index (κ1) is 26.7. The number of phenolic OH excluding ortho intramolecular Hbond substituents is 1. The van der Waals surface area contributed by atoms with Crippen LogP contribution < -0.4 is 9.46 Å². The van der Waals surface area contributed by atoms with Crippen LogP contribution in [-0.4, -0.2) is 69.1 Å². The summed E-state index contributed by atoms with van der Waals surface area (Å²) in [4.78, 5) is 17.7. The number of imidazole rings is 1. The standard InChI is InChI=1S/C25H25ClN6O6S/c1-4-38-18-10-5-7-15(27-18)23-30-22-24(32(23)19-16(33)8-6-9-17(19)37-3)29-21(20(26)28-22)31-39(35,36)13-14-11-25(2,34)12-14/h6,8-10,14,33-34H,4,11-13H2,1-3H3,(H,29,31)/t14-,25-. The molecule has 0 amide bonds. The van der Waals surface area contributed by atoms with Crippen molar-refractivity contribution in [1.29, 1.82) is 0 Å². The van der Waals surface area contributed by atoms with Crippen LogP contribution in [0.4, 0.5) is 5.82 Å². The van der Waals surface area contributed by atoms with Gasteiger partial charge in [-0.1, -0.05) is 23.4 Å². The number of phenols is 1. The predicted molar refractivity (Wildman–Crippen MR) is 145 cm³/mol. The molecule has 0 radical (unpaired) electrons. The Morgan fingerprint density at radius 2 is 2.05 bits per heavy atom. The lowest BCUT2D eigenvalue weighted by molar-refractivity contribution is -0.0494. The topological polar surface area (TPSA) is 161 Å². The highest BCUT2D eigenvalue weighted by Crippen LogP contribution is 2.39. The minimum absolute atomic E-state index is 0.0512. The number of fused-ring (bicyclic) bond motifs is 1. The highest BCUT2D eigenvalue weighted by molar-refractivity contribution is 7.92. The summed E-state index contributed by atoms with van der Waals surface area (Å²) in [6.07, 6.45) is 2.26. The van der Waals surface area contributed by atoms with E-state index in [0.29, 0.717) is 19.4 Å². The molecule has 5 rings (SSSR count). The van der Waals surface area contributed by atoms with E-state index in [0.717, 1.165) is 0 Å². The highest BCUT2D eigenvalue weighted by atomic mass is 35.5. The lowest BCUT2D eigenvalue weighted by Crippen LogP contribution is -2.44. The average Bonchev–Trinajstić information content (AvgIpc) is 3.20. The van der Waals surface area contributed by atoms with Crippen LogP contribution in [0.5, 0.6) is 11.5 Å². The minimum atomic E-state index is -3.88. The lowest BCUT2D eigenvalue weighted by atomic mass is 9.73. The molecule has 39 heavy (non-hydrogen) atoms. The van der Waals surface area contributed by atoms with Crippen LogP contribution in [0.3, 0.4) is 0 Å². The molecule has 3 aromatic rings. The first-order chi connectivity index (χ1) is 18.5. The zero-order valence-electron chi connectivity index (χ0n) is 21.3. The van der Waals surface area contributed by atoms with Crippen molar-refractivity contribution in [2.45, 2.75) is 32.3 Å². The van der Waals surface area contributed by atoms with Gasteiger partial charge in [-0.15, -0.1) is 0 Å². The van der Waals surface area contributed by atoms with Gasteiger partial charge in [-0.2, -0.15) is 0 Å². The molecule has 1 aliphatic carbocycles. The summed E-state index contributed by atoms with van der Waals surface area (Å²) in [7, 11) is -2.45. The highest BCUT2D eigenvalue weighted by Gasteiger charge is 2.40. The predicted octanol–water partition coefficient (Wildman–Crippen LogP) is 3.19. The van der Waals surface area contributed by atoms with Gasteiger partial charge in [0.1, 0.15) is 17.2 Å². The van der Waals surface area contributed by atoms with Gasteiger partial charge in [0, 0.05) is 0 Å². The molecule has 2 aromatic heterocycles. The lowest BCUT2D eigenvalue weighted by Gasteiger charge is -2.40. The third-order valence-electron chi connectivity index (χ3n) is 6.15. The number of sulfonamides is 1. The van der Waals surface area contributed by atoms with Gasteiger partial charge >= 0.3 is 0 Å². The largest absolute Gasteiger partial charge is 0.506 e. The Kier molecular flexibility index (Phi) is 6.88. The zero-order valence-corrected chi connectivity index (χ0v) is 22.8. The van der Waals surface area contributed by atoms with Crippen molar-refractivity contribution in [1.82, 2.24) is 19.5 Å². The maximum atomic E-state index is 12.9. The molecule has 3 heterocycles. The number of aliphatic imine (C=N–C) groups is 1. The van der Waals surface area contributed by atoms with Crippen molar-refractivity contribution in [3.05, 3.63) is 46.7 Å². The first-order valence-electron chi connectivity index (χ1n) is 12.0. The number of nitrogens with zero attached hydrogens (tertiary/aromatic N) is 5. The van der Waals surface area contributed by atoms with Crippen molar-refractivity contribution < 1.29 is 28.1 Å². The SMILES string of the molecule is CCOC1=NC(c2nc3nc(Cl)c(NS(=O)(=O)C[C@H]4C[C@](C)(O)C4)nc3n2-c2c(O)cccc2OC)=C=C=C1. The maximum Gasteiger partial charge on any atom is 0.234 e. The second kappa shape index (κ2) is 10.0. The molecule has 1 aromatic carbocycles. The number of rotatable bonds is 8. The molecule has 0 atom stereocenters. The van der Waals surface area contributed by atoms with Crippen LogP contribution in [0.2, 0.25) is 5.15 Å². The van der Waals surface area contributed by atoms with Gasteiger partial charge in [-0.05, 0) is 50.5 Å². The van der Waals surface area contributed by atoms with E-state index in [1.54, 1.807) is 19.1 Å². The molecule has 2 aliphatic rings. The number of aliphatic hydroxyl groups is 1. The van der Waals surface area contributed by atoms with Crippen LogP contribution in [0.15, 0.2) is 40.7 Å².